The summed E-state index contributed by atoms with van der Waals surface area (Å²) in [7, 11) is 0. The van der Waals surface area contributed by atoms with Gasteiger partial charge in [-0.15, -0.1) is 0 Å². The highest BCUT2D eigenvalue weighted by molar-refractivity contribution is 5.70. The number of nitrogens with zero attached hydrogens (tertiary/aromatic N) is 1. The number of hydrogen-bond donors (Lipinski definition) is 0. The van der Waals surface area contributed by atoms with Crippen LogP contribution in [0.25, 0.3) is 22.4 Å². The summed E-state index contributed by atoms with van der Waals surface area (Å²) in [5.41, 5.74) is 6.05. The molecule has 2 aromatic carbocycles. The molecule has 0 bridgehead atoms. The van der Waals surface area contributed by atoms with E-state index in [1.165, 1.54) is 16.7 Å². The van der Waals surface area contributed by atoms with E-state index >= 15 is 0 Å². The van der Waals surface area contributed by atoms with E-state index in [0.717, 1.165) is 17.7 Å². The summed E-state index contributed by atoms with van der Waals surface area (Å²) in [6, 6.07) is 23.4. The molecule has 0 saturated carbocycles. The Morgan fingerprint density at radius 2 is 1.50 bits per heavy atom. The normalized spacial score (nSPS) is 10.9. The van der Waals surface area contributed by atoms with Crippen molar-refractivity contribution < 1.29 is 0 Å². The Balaban J connectivity index is 1.96. The number of rotatable bonds is 4. The van der Waals surface area contributed by atoms with Gasteiger partial charge in [0.05, 0.1) is 5.69 Å². The van der Waals surface area contributed by atoms with Crippen molar-refractivity contribution in [3.63, 3.8) is 0 Å². The Hall–Kier alpha value is -2.41. The van der Waals surface area contributed by atoms with Crippen molar-refractivity contribution in [2.24, 2.45) is 5.92 Å². The molecule has 0 aliphatic heterocycles. The molecule has 0 fully saturated rings. The second-order valence-electron chi connectivity index (χ2n) is 6.09. The summed E-state index contributed by atoms with van der Waals surface area (Å²) in [6.45, 7) is 4.51. The summed E-state index contributed by atoms with van der Waals surface area (Å²) in [6.07, 6.45) is 3.01. The van der Waals surface area contributed by atoms with Crippen molar-refractivity contribution >= 4 is 0 Å². The SMILES string of the molecule is CC(C)Cc1cccc(-c2ccnc(-c3ccccc3)c2)c1. The lowest BCUT2D eigenvalue weighted by Crippen LogP contribution is -1.94. The molecule has 1 nitrogen and oxygen atoms in total. The smallest absolute Gasteiger partial charge is 0.0708 e. The molecule has 0 atom stereocenters. The minimum atomic E-state index is 0.674. The van der Waals surface area contributed by atoms with Crippen LogP contribution in [0.1, 0.15) is 19.4 Å². The third-order valence-electron chi connectivity index (χ3n) is 3.73. The maximum absolute atomic E-state index is 4.51. The van der Waals surface area contributed by atoms with Crippen LogP contribution in [0.2, 0.25) is 0 Å². The molecule has 0 unspecified atom stereocenters. The predicted octanol–water partition coefficient (Wildman–Crippen LogP) is 5.61. The molecule has 3 rings (SSSR count). The van der Waals surface area contributed by atoms with E-state index in [9.17, 15) is 0 Å². The number of benzene rings is 2. The minimum absolute atomic E-state index is 0.674. The Labute approximate surface area is 132 Å². The van der Waals surface area contributed by atoms with Crippen LogP contribution in [0.4, 0.5) is 0 Å². The van der Waals surface area contributed by atoms with Gasteiger partial charge in [-0.25, -0.2) is 0 Å². The molecule has 0 N–H and O–H groups in total. The average molecular weight is 287 g/mol. The first kappa shape index (κ1) is 14.5. The molecular weight excluding hydrogens is 266 g/mol. The van der Waals surface area contributed by atoms with E-state index in [2.05, 4.69) is 67.4 Å². The second-order valence-corrected chi connectivity index (χ2v) is 6.09. The van der Waals surface area contributed by atoms with Crippen LogP contribution in [0.15, 0.2) is 72.9 Å². The van der Waals surface area contributed by atoms with E-state index < -0.39 is 0 Å². The van der Waals surface area contributed by atoms with Gasteiger partial charge in [-0.1, -0.05) is 68.4 Å². The lowest BCUT2D eigenvalue weighted by Gasteiger charge is -2.09. The van der Waals surface area contributed by atoms with Crippen LogP contribution in [0, 0.1) is 5.92 Å². The van der Waals surface area contributed by atoms with Crippen molar-refractivity contribution in [3.05, 3.63) is 78.5 Å². The molecule has 110 valence electrons. The number of hydrogen-bond acceptors (Lipinski definition) is 1. The zero-order valence-corrected chi connectivity index (χ0v) is 13.2. The molecule has 1 aromatic heterocycles. The van der Waals surface area contributed by atoms with Gasteiger partial charge >= 0.3 is 0 Å². The minimum Gasteiger partial charge on any atom is -0.256 e. The lowest BCUT2D eigenvalue weighted by atomic mass is 9.97. The van der Waals surface area contributed by atoms with Crippen LogP contribution in [-0.4, -0.2) is 4.98 Å². The highest BCUT2D eigenvalue weighted by atomic mass is 14.7. The zero-order chi connectivity index (χ0) is 15.4. The van der Waals surface area contributed by atoms with Gasteiger partial charge in [-0.2, -0.15) is 0 Å². The fourth-order valence-corrected chi connectivity index (χ4v) is 2.73. The van der Waals surface area contributed by atoms with Crippen molar-refractivity contribution in [2.45, 2.75) is 20.3 Å². The first-order chi connectivity index (χ1) is 10.7. The Morgan fingerprint density at radius 3 is 2.27 bits per heavy atom. The predicted molar refractivity (Wildman–Crippen MR) is 93.7 cm³/mol. The summed E-state index contributed by atoms with van der Waals surface area (Å²) in [5, 5.41) is 0. The maximum atomic E-state index is 4.51. The third kappa shape index (κ3) is 3.43. The molecular formula is C21H21N. The summed E-state index contributed by atoms with van der Waals surface area (Å²) in [4.78, 5) is 4.51. The quantitative estimate of drug-likeness (QED) is 0.607. The Morgan fingerprint density at radius 1 is 0.773 bits per heavy atom. The van der Waals surface area contributed by atoms with Gasteiger partial charge in [0.1, 0.15) is 0 Å². The van der Waals surface area contributed by atoms with Crippen molar-refractivity contribution in [1.82, 2.24) is 4.98 Å². The van der Waals surface area contributed by atoms with E-state index in [1.54, 1.807) is 0 Å². The molecule has 1 heterocycles. The maximum Gasteiger partial charge on any atom is 0.0708 e. The van der Waals surface area contributed by atoms with Gasteiger partial charge in [-0.05, 0) is 41.2 Å². The summed E-state index contributed by atoms with van der Waals surface area (Å²) >= 11 is 0. The fraction of sp³-hybridized carbons (Fsp3) is 0.190. The van der Waals surface area contributed by atoms with Crippen molar-refractivity contribution in [3.8, 4) is 22.4 Å². The van der Waals surface area contributed by atoms with Crippen LogP contribution >= 0.6 is 0 Å². The number of pyridine rings is 1. The second kappa shape index (κ2) is 6.57. The van der Waals surface area contributed by atoms with Gasteiger partial charge in [0, 0.05) is 11.8 Å². The Kier molecular flexibility index (Phi) is 4.34. The van der Waals surface area contributed by atoms with E-state index in [1.807, 2.05) is 24.4 Å². The van der Waals surface area contributed by atoms with Crippen molar-refractivity contribution in [2.75, 3.05) is 0 Å². The number of aromatic nitrogens is 1. The molecule has 22 heavy (non-hydrogen) atoms. The van der Waals surface area contributed by atoms with Gasteiger partial charge in [0.2, 0.25) is 0 Å². The highest BCUT2D eigenvalue weighted by Crippen LogP contribution is 2.25. The van der Waals surface area contributed by atoms with Gasteiger partial charge in [0.25, 0.3) is 0 Å². The van der Waals surface area contributed by atoms with Crippen LogP contribution in [-0.2, 0) is 6.42 Å². The molecule has 0 aliphatic carbocycles. The van der Waals surface area contributed by atoms with Gasteiger partial charge in [0.15, 0.2) is 0 Å². The molecule has 1 heteroatoms. The van der Waals surface area contributed by atoms with Crippen LogP contribution in [0.3, 0.4) is 0 Å². The fourth-order valence-electron chi connectivity index (χ4n) is 2.73. The lowest BCUT2D eigenvalue weighted by molar-refractivity contribution is 0.647. The molecule has 0 amide bonds. The van der Waals surface area contributed by atoms with Gasteiger partial charge in [-0.3, -0.25) is 4.98 Å². The third-order valence-corrected chi connectivity index (χ3v) is 3.73. The topological polar surface area (TPSA) is 12.9 Å². The largest absolute Gasteiger partial charge is 0.256 e. The Bertz CT molecular complexity index is 745. The molecule has 0 aliphatic rings. The highest BCUT2D eigenvalue weighted by Gasteiger charge is 2.04. The first-order valence-electron chi connectivity index (χ1n) is 7.83. The van der Waals surface area contributed by atoms with E-state index in [-0.39, 0.29) is 0 Å². The zero-order valence-electron chi connectivity index (χ0n) is 13.2. The van der Waals surface area contributed by atoms with E-state index in [4.69, 9.17) is 0 Å². The van der Waals surface area contributed by atoms with Crippen molar-refractivity contribution in [1.29, 1.82) is 0 Å². The molecule has 0 saturated heterocycles. The summed E-state index contributed by atoms with van der Waals surface area (Å²) < 4.78 is 0. The average Bonchev–Trinajstić information content (AvgIpc) is 2.55. The van der Waals surface area contributed by atoms with Crippen LogP contribution < -0.4 is 0 Å². The molecule has 3 aromatic rings. The first-order valence-corrected chi connectivity index (χ1v) is 7.83. The molecule has 0 spiro atoms. The van der Waals surface area contributed by atoms with Crippen LogP contribution in [0.5, 0.6) is 0 Å². The summed E-state index contributed by atoms with van der Waals surface area (Å²) in [5.74, 6) is 0.674. The standard InChI is InChI=1S/C21H21N/c1-16(2)13-17-7-6-10-19(14-17)20-11-12-22-21(15-20)18-8-4-3-5-9-18/h3-12,14-16H,13H2,1-2H3. The van der Waals surface area contributed by atoms with Gasteiger partial charge < -0.3 is 0 Å². The monoisotopic (exact) mass is 287 g/mol. The van der Waals surface area contributed by atoms with E-state index in [0.29, 0.717) is 5.92 Å². The molecule has 0 radical (unpaired) electrons.